The molecule has 5 nitrogen and oxygen atoms in total. The van der Waals surface area contributed by atoms with Crippen LogP contribution in [0.5, 0.6) is 0 Å². The number of Topliss-reactive ketones (excluding diaryl/α,β-unsaturated/α-hetero) is 2. The molecule has 0 saturated heterocycles. The van der Waals surface area contributed by atoms with Crippen molar-refractivity contribution >= 4 is 17.5 Å². The van der Waals surface area contributed by atoms with Crippen LogP contribution in [0.25, 0.3) is 0 Å². The Morgan fingerprint density at radius 3 is 2.41 bits per heavy atom. The topological polar surface area (TPSA) is 80.7 Å². The molecule has 1 fully saturated rings. The lowest BCUT2D eigenvalue weighted by Crippen LogP contribution is -2.46. The highest BCUT2D eigenvalue weighted by Gasteiger charge is 2.60. The maximum absolute atomic E-state index is 13.5. The molecule has 1 saturated carbocycles. The van der Waals surface area contributed by atoms with Crippen LogP contribution < -0.4 is 0 Å². The van der Waals surface area contributed by atoms with Crippen molar-refractivity contribution < 1.29 is 24.2 Å². The molecule has 0 heterocycles. The van der Waals surface area contributed by atoms with Crippen LogP contribution in [0.15, 0.2) is 23.3 Å². The SMILES string of the molecule is CC(=O)O[C@]12C=C(C)C(=O)/C1=C/[C@](C)(O)CC[C@@H]1[C@H](C[C@H](C)C2=O)C1(C)C. The number of hydrogen-bond donors (Lipinski definition) is 1. The Morgan fingerprint density at radius 2 is 1.81 bits per heavy atom. The Morgan fingerprint density at radius 1 is 1.19 bits per heavy atom. The van der Waals surface area contributed by atoms with Crippen molar-refractivity contribution in [2.75, 3.05) is 0 Å². The predicted octanol–water partition coefficient (Wildman–Crippen LogP) is 3.16. The molecule has 0 radical (unpaired) electrons. The molecule has 27 heavy (non-hydrogen) atoms. The van der Waals surface area contributed by atoms with Crippen molar-refractivity contribution in [1.29, 1.82) is 0 Å². The zero-order chi connectivity index (χ0) is 20.4. The fourth-order valence-electron chi connectivity index (χ4n) is 5.15. The van der Waals surface area contributed by atoms with Gasteiger partial charge in [-0.1, -0.05) is 20.8 Å². The lowest BCUT2D eigenvalue weighted by atomic mass is 9.80. The van der Waals surface area contributed by atoms with E-state index in [4.69, 9.17) is 4.74 Å². The maximum atomic E-state index is 13.5. The molecular weight excluding hydrogens is 344 g/mol. The summed E-state index contributed by atoms with van der Waals surface area (Å²) in [5, 5.41) is 10.9. The fraction of sp³-hybridized carbons (Fsp3) is 0.682. The van der Waals surface area contributed by atoms with Gasteiger partial charge in [0, 0.05) is 12.8 Å². The fourth-order valence-corrected chi connectivity index (χ4v) is 5.15. The van der Waals surface area contributed by atoms with E-state index in [2.05, 4.69) is 13.8 Å². The Bertz CT molecular complexity index is 770. The van der Waals surface area contributed by atoms with Gasteiger partial charge in [0.15, 0.2) is 11.6 Å². The summed E-state index contributed by atoms with van der Waals surface area (Å²) in [5.41, 5.74) is -2.42. The number of hydrogen-bond acceptors (Lipinski definition) is 5. The van der Waals surface area contributed by atoms with E-state index >= 15 is 0 Å². The van der Waals surface area contributed by atoms with E-state index in [1.807, 2.05) is 6.92 Å². The summed E-state index contributed by atoms with van der Waals surface area (Å²) in [5.74, 6) is -0.798. The van der Waals surface area contributed by atoms with Gasteiger partial charge in [-0.15, -0.1) is 0 Å². The number of carbonyl (C=O) groups is 3. The third kappa shape index (κ3) is 3.20. The normalized spacial score (nSPS) is 42.9. The average Bonchev–Trinajstić information content (AvgIpc) is 2.97. The highest BCUT2D eigenvalue weighted by Crippen LogP contribution is 2.63. The number of carbonyl (C=O) groups excluding carboxylic acids is 3. The maximum Gasteiger partial charge on any atom is 0.304 e. The quantitative estimate of drug-likeness (QED) is 0.713. The van der Waals surface area contributed by atoms with E-state index in [-0.39, 0.29) is 28.5 Å². The molecule has 0 aromatic heterocycles. The van der Waals surface area contributed by atoms with Gasteiger partial charge in [0.25, 0.3) is 0 Å². The summed E-state index contributed by atoms with van der Waals surface area (Å²) in [7, 11) is 0. The van der Waals surface area contributed by atoms with E-state index in [0.717, 1.165) is 6.42 Å². The number of aliphatic hydroxyl groups is 1. The zero-order valence-corrected chi connectivity index (χ0v) is 17.1. The minimum Gasteiger partial charge on any atom is -0.442 e. The summed E-state index contributed by atoms with van der Waals surface area (Å²) in [4.78, 5) is 38.2. The van der Waals surface area contributed by atoms with Gasteiger partial charge in [0.05, 0.1) is 11.2 Å². The van der Waals surface area contributed by atoms with Gasteiger partial charge in [-0.25, -0.2) is 0 Å². The monoisotopic (exact) mass is 374 g/mol. The molecule has 0 bridgehead atoms. The average molecular weight is 374 g/mol. The van der Waals surface area contributed by atoms with Crippen molar-refractivity contribution in [3.05, 3.63) is 23.3 Å². The third-order valence-electron chi connectivity index (χ3n) is 6.85. The van der Waals surface area contributed by atoms with Crippen molar-refractivity contribution in [3.63, 3.8) is 0 Å². The molecule has 0 aliphatic heterocycles. The van der Waals surface area contributed by atoms with Gasteiger partial charge < -0.3 is 9.84 Å². The Labute approximate surface area is 160 Å². The van der Waals surface area contributed by atoms with E-state index < -0.39 is 17.2 Å². The second-order valence-electron chi connectivity index (χ2n) is 9.47. The van der Waals surface area contributed by atoms with Crippen LogP contribution >= 0.6 is 0 Å². The molecule has 0 amide bonds. The van der Waals surface area contributed by atoms with Crippen LogP contribution in [-0.2, 0) is 19.1 Å². The molecule has 3 aliphatic carbocycles. The van der Waals surface area contributed by atoms with Crippen molar-refractivity contribution in [2.24, 2.45) is 23.2 Å². The first-order valence-corrected chi connectivity index (χ1v) is 9.75. The van der Waals surface area contributed by atoms with E-state index in [0.29, 0.717) is 30.3 Å². The van der Waals surface area contributed by atoms with Crippen LogP contribution in [0.1, 0.15) is 60.8 Å². The lowest BCUT2D eigenvalue weighted by Gasteiger charge is -2.31. The molecule has 3 rings (SSSR count). The van der Waals surface area contributed by atoms with Gasteiger partial charge >= 0.3 is 5.97 Å². The molecule has 3 aliphatic rings. The molecule has 1 N–H and O–H groups in total. The number of ether oxygens (including phenoxy) is 1. The van der Waals surface area contributed by atoms with E-state index in [9.17, 15) is 19.5 Å². The van der Waals surface area contributed by atoms with Gasteiger partial charge in [-0.2, -0.15) is 0 Å². The standard InChI is InChI=1S/C22H30O5/c1-12-9-16-15(20(16,4)5)7-8-21(6,26)11-17-18(24)13(2)10-22(17,19(12)25)27-14(3)23/h10-12,15-16,26H,7-9H2,1-6H3/b17-11-/t12-,15+,16-,21+,22+/m0/s1. The molecule has 0 aromatic rings. The second kappa shape index (κ2) is 6.13. The molecule has 5 heteroatoms. The van der Waals surface area contributed by atoms with Crippen molar-refractivity contribution in [2.45, 2.75) is 72.0 Å². The Kier molecular flexibility index (Phi) is 4.54. The molecule has 0 spiro atoms. The van der Waals surface area contributed by atoms with Crippen LogP contribution in [0, 0.1) is 23.2 Å². The summed E-state index contributed by atoms with van der Waals surface area (Å²) in [6.45, 7) is 10.7. The van der Waals surface area contributed by atoms with Crippen LogP contribution in [0.2, 0.25) is 0 Å². The first-order valence-electron chi connectivity index (χ1n) is 9.75. The van der Waals surface area contributed by atoms with Crippen LogP contribution in [0.4, 0.5) is 0 Å². The molecule has 148 valence electrons. The third-order valence-corrected chi connectivity index (χ3v) is 6.85. The second-order valence-corrected chi connectivity index (χ2v) is 9.47. The number of fused-ring (bicyclic) bond motifs is 2. The van der Waals surface area contributed by atoms with Gasteiger partial charge in [0.2, 0.25) is 5.60 Å². The van der Waals surface area contributed by atoms with Crippen molar-refractivity contribution in [3.8, 4) is 0 Å². The summed E-state index contributed by atoms with van der Waals surface area (Å²) >= 11 is 0. The number of ketones is 2. The van der Waals surface area contributed by atoms with Gasteiger partial charge in [-0.05, 0) is 68.1 Å². The molecule has 5 atom stereocenters. The first-order chi connectivity index (χ1) is 12.3. The highest BCUT2D eigenvalue weighted by molar-refractivity contribution is 6.20. The highest BCUT2D eigenvalue weighted by atomic mass is 16.6. The summed E-state index contributed by atoms with van der Waals surface area (Å²) in [6.07, 6.45) is 4.93. The largest absolute Gasteiger partial charge is 0.442 e. The number of allylic oxidation sites excluding steroid dienone is 1. The number of esters is 1. The molecular formula is C22H30O5. The van der Waals surface area contributed by atoms with Crippen LogP contribution in [-0.4, -0.2) is 33.8 Å². The van der Waals surface area contributed by atoms with Gasteiger partial charge in [0.1, 0.15) is 0 Å². The predicted molar refractivity (Wildman–Crippen MR) is 101 cm³/mol. The van der Waals surface area contributed by atoms with Crippen molar-refractivity contribution in [1.82, 2.24) is 0 Å². The summed E-state index contributed by atoms with van der Waals surface area (Å²) in [6, 6.07) is 0. The molecule has 0 aromatic carbocycles. The number of rotatable bonds is 1. The van der Waals surface area contributed by atoms with Crippen LogP contribution in [0.3, 0.4) is 0 Å². The smallest absolute Gasteiger partial charge is 0.304 e. The summed E-state index contributed by atoms with van der Waals surface area (Å²) < 4.78 is 5.53. The first kappa shape index (κ1) is 20.0. The van der Waals surface area contributed by atoms with E-state index in [1.54, 1.807) is 13.8 Å². The molecule has 0 unspecified atom stereocenters. The zero-order valence-electron chi connectivity index (χ0n) is 17.1. The Hall–Kier alpha value is -1.75. The van der Waals surface area contributed by atoms with E-state index in [1.165, 1.54) is 19.1 Å². The minimum atomic E-state index is -1.73. The van der Waals surface area contributed by atoms with Gasteiger partial charge in [-0.3, -0.25) is 14.4 Å². The minimum absolute atomic E-state index is 0.0758. The Balaban J connectivity index is 2.15. The lowest BCUT2D eigenvalue weighted by molar-refractivity contribution is -0.158.